The molecule has 2 N–H and O–H groups in total. The molecule has 142 valence electrons. The van der Waals surface area contributed by atoms with Gasteiger partial charge in [-0.2, -0.15) is 10.2 Å². The van der Waals surface area contributed by atoms with E-state index in [2.05, 4.69) is 31.7 Å². The molecular weight excluding hydrogens is 376 g/mol. The smallest absolute Gasteiger partial charge is 0.252 e. The second kappa shape index (κ2) is 7.44. The van der Waals surface area contributed by atoms with E-state index in [1.165, 1.54) is 0 Å². The summed E-state index contributed by atoms with van der Waals surface area (Å²) < 4.78 is 1.76. The molecular formula is C20H19ClN6O. The number of hydrogen-bond donors (Lipinski definition) is 2. The van der Waals surface area contributed by atoms with Gasteiger partial charge in [0.25, 0.3) is 5.91 Å². The van der Waals surface area contributed by atoms with Gasteiger partial charge in [-0.1, -0.05) is 23.7 Å². The first-order valence-electron chi connectivity index (χ1n) is 8.95. The molecule has 0 fully saturated rings. The van der Waals surface area contributed by atoms with Crippen molar-refractivity contribution in [3.8, 4) is 11.4 Å². The molecule has 0 spiro atoms. The highest BCUT2D eigenvalue weighted by atomic mass is 35.5. The maximum atomic E-state index is 12.0. The number of rotatable bonds is 5. The molecule has 0 aliphatic rings. The van der Waals surface area contributed by atoms with Crippen LogP contribution in [0.3, 0.4) is 0 Å². The molecule has 0 aliphatic carbocycles. The Balaban J connectivity index is 1.60. The molecule has 2 aromatic heterocycles. The molecule has 28 heavy (non-hydrogen) atoms. The number of benzene rings is 2. The normalized spacial score (nSPS) is 11.1. The fraction of sp³-hybridized carbons (Fsp3) is 0.200. The molecule has 2 aromatic carbocycles. The van der Waals surface area contributed by atoms with Crippen molar-refractivity contribution >= 4 is 28.4 Å². The number of fused-ring (bicyclic) bond motifs is 1. The fourth-order valence-corrected chi connectivity index (χ4v) is 3.34. The quantitative estimate of drug-likeness (QED) is 0.543. The molecule has 0 bridgehead atoms. The van der Waals surface area contributed by atoms with Crippen LogP contribution in [0.4, 0.5) is 0 Å². The van der Waals surface area contributed by atoms with Crippen LogP contribution < -0.4 is 5.32 Å². The van der Waals surface area contributed by atoms with Crippen LogP contribution in [0.15, 0.2) is 42.6 Å². The van der Waals surface area contributed by atoms with E-state index in [0.717, 1.165) is 27.9 Å². The minimum Gasteiger partial charge on any atom is -0.352 e. The zero-order chi connectivity index (χ0) is 19.7. The number of hydrogen-bond acceptors (Lipinski definition) is 4. The Morgan fingerprint density at radius 1 is 1.25 bits per heavy atom. The summed E-state index contributed by atoms with van der Waals surface area (Å²) >= 11 is 6.30. The number of H-pyrrole nitrogens is 1. The minimum absolute atomic E-state index is 0.191. The molecule has 1 amide bonds. The first-order valence-corrected chi connectivity index (χ1v) is 9.33. The molecule has 0 unspecified atom stereocenters. The van der Waals surface area contributed by atoms with Crippen molar-refractivity contribution in [2.75, 3.05) is 6.54 Å². The zero-order valence-corrected chi connectivity index (χ0v) is 16.3. The van der Waals surface area contributed by atoms with Crippen LogP contribution in [-0.2, 0) is 13.5 Å². The Morgan fingerprint density at radius 3 is 2.89 bits per heavy atom. The summed E-state index contributed by atoms with van der Waals surface area (Å²) in [7, 11) is 1.87. The zero-order valence-electron chi connectivity index (χ0n) is 15.5. The number of aryl methyl sites for hydroxylation is 1. The van der Waals surface area contributed by atoms with Crippen LogP contribution in [0.5, 0.6) is 0 Å². The van der Waals surface area contributed by atoms with Gasteiger partial charge in [-0.15, -0.1) is 0 Å². The van der Waals surface area contributed by atoms with Gasteiger partial charge in [0.05, 0.1) is 22.3 Å². The lowest BCUT2D eigenvalue weighted by Crippen LogP contribution is -2.22. The highest BCUT2D eigenvalue weighted by Gasteiger charge is 2.14. The lowest BCUT2D eigenvalue weighted by atomic mass is 10.1. The van der Waals surface area contributed by atoms with E-state index in [1.54, 1.807) is 23.0 Å². The number of carbonyl (C=O) groups excluding carboxylic acids is 1. The number of nitrogens with zero attached hydrogens (tertiary/aromatic N) is 4. The summed E-state index contributed by atoms with van der Waals surface area (Å²) in [6.07, 6.45) is 2.45. The lowest BCUT2D eigenvalue weighted by molar-refractivity contribution is 0.0956. The van der Waals surface area contributed by atoms with Crippen LogP contribution in [0.1, 0.15) is 28.7 Å². The van der Waals surface area contributed by atoms with Crippen molar-refractivity contribution in [3.63, 3.8) is 0 Å². The Kier molecular flexibility index (Phi) is 4.83. The fourth-order valence-electron chi connectivity index (χ4n) is 3.07. The number of aromatic amines is 1. The van der Waals surface area contributed by atoms with Gasteiger partial charge in [-0.05, 0) is 36.8 Å². The summed E-state index contributed by atoms with van der Waals surface area (Å²) in [6.45, 7) is 2.41. The van der Waals surface area contributed by atoms with Crippen molar-refractivity contribution in [2.45, 2.75) is 13.3 Å². The highest BCUT2D eigenvalue weighted by Crippen LogP contribution is 2.24. The van der Waals surface area contributed by atoms with Gasteiger partial charge in [0.2, 0.25) is 0 Å². The summed E-state index contributed by atoms with van der Waals surface area (Å²) in [5.41, 5.74) is 3.34. The standard InChI is InChI=1S/C20H19ClN6O/c1-3-22-20(28)15-6-5-13(10-16(15)21)19-24-18(27(2)26-19)9-12-4-7-17-14(8-12)11-23-25-17/h4-8,10-11H,3,9H2,1-2H3,(H,22,28)(H,23,25). The molecule has 7 nitrogen and oxygen atoms in total. The van der Waals surface area contributed by atoms with Gasteiger partial charge >= 0.3 is 0 Å². The summed E-state index contributed by atoms with van der Waals surface area (Å²) in [6, 6.07) is 11.4. The van der Waals surface area contributed by atoms with E-state index in [4.69, 9.17) is 11.6 Å². The summed E-state index contributed by atoms with van der Waals surface area (Å²) in [5, 5.41) is 15.7. The average molecular weight is 395 g/mol. The highest BCUT2D eigenvalue weighted by molar-refractivity contribution is 6.34. The van der Waals surface area contributed by atoms with Crippen LogP contribution in [0.25, 0.3) is 22.3 Å². The van der Waals surface area contributed by atoms with Crippen molar-refractivity contribution in [3.05, 3.63) is 64.6 Å². The molecule has 4 rings (SSSR count). The van der Waals surface area contributed by atoms with Gasteiger partial charge in [-0.3, -0.25) is 14.6 Å². The van der Waals surface area contributed by atoms with Gasteiger partial charge in [-0.25, -0.2) is 4.98 Å². The second-order valence-corrected chi connectivity index (χ2v) is 6.90. The number of nitrogens with one attached hydrogen (secondary N) is 2. The molecule has 0 aliphatic heterocycles. The van der Waals surface area contributed by atoms with Crippen molar-refractivity contribution in [1.29, 1.82) is 0 Å². The van der Waals surface area contributed by atoms with Crippen LogP contribution in [-0.4, -0.2) is 37.4 Å². The monoisotopic (exact) mass is 394 g/mol. The van der Waals surface area contributed by atoms with Crippen molar-refractivity contribution in [1.82, 2.24) is 30.3 Å². The molecule has 0 saturated carbocycles. The number of amides is 1. The maximum Gasteiger partial charge on any atom is 0.252 e. The maximum absolute atomic E-state index is 12.0. The first kappa shape index (κ1) is 18.2. The molecule has 0 radical (unpaired) electrons. The van der Waals surface area contributed by atoms with E-state index in [1.807, 2.05) is 32.2 Å². The Hall–Kier alpha value is -3.19. The minimum atomic E-state index is -0.191. The van der Waals surface area contributed by atoms with Crippen molar-refractivity contribution in [2.24, 2.45) is 7.05 Å². The van der Waals surface area contributed by atoms with Gasteiger partial charge in [0.1, 0.15) is 5.82 Å². The topological polar surface area (TPSA) is 88.5 Å². The summed E-state index contributed by atoms with van der Waals surface area (Å²) in [4.78, 5) is 16.7. The lowest BCUT2D eigenvalue weighted by Gasteiger charge is -2.05. The van der Waals surface area contributed by atoms with Crippen LogP contribution in [0.2, 0.25) is 5.02 Å². The van der Waals surface area contributed by atoms with Gasteiger partial charge < -0.3 is 5.32 Å². The van der Waals surface area contributed by atoms with Gasteiger partial charge in [0, 0.05) is 31.0 Å². The van der Waals surface area contributed by atoms with E-state index in [-0.39, 0.29) is 5.91 Å². The third kappa shape index (κ3) is 3.48. The molecule has 8 heteroatoms. The van der Waals surface area contributed by atoms with Crippen molar-refractivity contribution < 1.29 is 4.79 Å². The van der Waals surface area contributed by atoms with Crippen LogP contribution >= 0.6 is 11.6 Å². The third-order valence-corrected chi connectivity index (χ3v) is 4.84. The summed E-state index contributed by atoms with van der Waals surface area (Å²) in [5.74, 6) is 1.22. The number of carbonyl (C=O) groups is 1. The molecule has 4 aromatic rings. The average Bonchev–Trinajstić information content (AvgIpc) is 3.28. The predicted octanol–water partition coefficient (Wildman–Crippen LogP) is 3.35. The molecule has 0 saturated heterocycles. The first-order chi connectivity index (χ1) is 13.5. The molecule has 2 heterocycles. The van der Waals surface area contributed by atoms with E-state index < -0.39 is 0 Å². The van der Waals surface area contributed by atoms with E-state index >= 15 is 0 Å². The SMILES string of the molecule is CCNC(=O)c1ccc(-c2nc(Cc3ccc4[nH]ncc4c3)n(C)n2)cc1Cl. The Labute approximate surface area is 166 Å². The number of halogens is 1. The van der Waals surface area contributed by atoms with E-state index in [9.17, 15) is 4.79 Å². The van der Waals surface area contributed by atoms with Gasteiger partial charge in [0.15, 0.2) is 5.82 Å². The largest absolute Gasteiger partial charge is 0.352 e. The predicted molar refractivity (Wildman–Crippen MR) is 108 cm³/mol. The second-order valence-electron chi connectivity index (χ2n) is 6.50. The van der Waals surface area contributed by atoms with Crippen LogP contribution in [0, 0.1) is 0 Å². The number of aromatic nitrogens is 5. The molecule has 0 atom stereocenters. The Bertz CT molecular complexity index is 1160. The third-order valence-electron chi connectivity index (χ3n) is 4.53. The van der Waals surface area contributed by atoms with E-state index in [0.29, 0.717) is 29.4 Å². The Morgan fingerprint density at radius 2 is 2.11 bits per heavy atom.